The van der Waals surface area contributed by atoms with E-state index >= 15 is 0 Å². The molecule has 2 aromatic rings. The van der Waals surface area contributed by atoms with Gasteiger partial charge in [0.2, 0.25) is 0 Å². The number of rotatable bonds is 8. The normalized spacial score (nSPS) is 10.8. The Morgan fingerprint density at radius 1 is 0.667 bits per heavy atom. The van der Waals surface area contributed by atoms with Gasteiger partial charge in [-0.15, -0.1) is 23.5 Å². The van der Waals surface area contributed by atoms with E-state index in [1.54, 1.807) is 0 Å². The van der Waals surface area contributed by atoms with E-state index in [9.17, 15) is 0 Å². The van der Waals surface area contributed by atoms with E-state index in [1.807, 2.05) is 23.5 Å². The maximum Gasteiger partial charge on any atom is 0.00723 e. The second-order valence-electron chi connectivity index (χ2n) is 5.04. The van der Waals surface area contributed by atoms with Crippen molar-refractivity contribution in [1.82, 2.24) is 0 Å². The number of benzene rings is 2. The summed E-state index contributed by atoms with van der Waals surface area (Å²) in [6.07, 6.45) is 3.96. The summed E-state index contributed by atoms with van der Waals surface area (Å²) in [6, 6.07) is 17.9. The molecule has 0 spiro atoms. The Hall–Kier alpha value is -0.860. The zero-order valence-electron chi connectivity index (χ0n) is 13.0. The highest BCUT2D eigenvalue weighted by Crippen LogP contribution is 2.27. The summed E-state index contributed by atoms with van der Waals surface area (Å²) >= 11 is 3.86. The van der Waals surface area contributed by atoms with Crippen LogP contribution in [0.4, 0.5) is 0 Å². The third-order valence-corrected chi connectivity index (χ3v) is 5.36. The van der Waals surface area contributed by atoms with Crippen LogP contribution in [0.15, 0.2) is 58.3 Å². The molecule has 0 nitrogen and oxygen atoms in total. The second-order valence-corrected chi connectivity index (χ2v) is 7.54. The van der Waals surface area contributed by atoms with Crippen molar-refractivity contribution in [3.8, 4) is 11.1 Å². The minimum absolute atomic E-state index is 1.13. The van der Waals surface area contributed by atoms with Crippen molar-refractivity contribution in [2.75, 3.05) is 11.5 Å². The van der Waals surface area contributed by atoms with Gasteiger partial charge in [-0.2, -0.15) is 0 Å². The lowest BCUT2D eigenvalue weighted by Gasteiger charge is -2.06. The number of thioether (sulfide) groups is 2. The van der Waals surface area contributed by atoms with Crippen LogP contribution < -0.4 is 0 Å². The molecule has 0 amide bonds. The first-order chi connectivity index (χ1) is 10.3. The molecule has 0 radical (unpaired) electrons. The van der Waals surface area contributed by atoms with Crippen LogP contribution in [0.1, 0.15) is 33.1 Å². The van der Waals surface area contributed by atoms with Crippen molar-refractivity contribution in [1.29, 1.82) is 0 Å². The van der Waals surface area contributed by atoms with Crippen molar-refractivity contribution in [3.05, 3.63) is 48.5 Å². The summed E-state index contributed by atoms with van der Waals surface area (Å²) in [5.74, 6) is 2.36. The highest BCUT2D eigenvalue weighted by Gasteiger charge is 2.00. The lowest BCUT2D eigenvalue weighted by Crippen LogP contribution is -1.82. The fourth-order valence-corrected chi connectivity index (χ4v) is 3.77. The first-order valence-corrected chi connectivity index (χ1v) is 9.76. The predicted molar refractivity (Wildman–Crippen MR) is 98.5 cm³/mol. The lowest BCUT2D eigenvalue weighted by atomic mass is 10.1. The second kappa shape index (κ2) is 9.22. The van der Waals surface area contributed by atoms with Gasteiger partial charge in [0.1, 0.15) is 0 Å². The monoisotopic (exact) mass is 316 g/mol. The molecule has 2 aromatic carbocycles. The molecular formula is C19H24S2. The van der Waals surface area contributed by atoms with Crippen LogP contribution in [0.3, 0.4) is 0 Å². The fourth-order valence-electron chi connectivity index (χ4n) is 2.20. The minimum Gasteiger partial charge on any atom is -0.126 e. The SMILES string of the molecule is CCCCCSc1ccc(-c2ccc(SCC)cc2)cc1. The molecule has 0 saturated carbocycles. The van der Waals surface area contributed by atoms with Gasteiger partial charge in [-0.05, 0) is 53.3 Å². The Labute approximate surface area is 137 Å². The number of hydrogen-bond acceptors (Lipinski definition) is 2. The zero-order valence-corrected chi connectivity index (χ0v) is 14.6. The average molecular weight is 317 g/mol. The smallest absolute Gasteiger partial charge is 0.00723 e. The van der Waals surface area contributed by atoms with Gasteiger partial charge in [-0.3, -0.25) is 0 Å². The molecular weight excluding hydrogens is 292 g/mol. The van der Waals surface area contributed by atoms with Gasteiger partial charge in [-0.1, -0.05) is 51.0 Å². The molecule has 0 fully saturated rings. The van der Waals surface area contributed by atoms with E-state index < -0.39 is 0 Å². The molecule has 0 N–H and O–H groups in total. The van der Waals surface area contributed by atoms with Crippen LogP contribution in [0.5, 0.6) is 0 Å². The Morgan fingerprint density at radius 3 is 1.67 bits per heavy atom. The molecule has 0 saturated heterocycles. The minimum atomic E-state index is 1.13. The molecule has 2 heteroatoms. The van der Waals surface area contributed by atoms with Crippen LogP contribution in [-0.2, 0) is 0 Å². The van der Waals surface area contributed by atoms with Crippen LogP contribution in [-0.4, -0.2) is 11.5 Å². The van der Waals surface area contributed by atoms with Crippen LogP contribution >= 0.6 is 23.5 Å². The van der Waals surface area contributed by atoms with Gasteiger partial charge >= 0.3 is 0 Å². The molecule has 21 heavy (non-hydrogen) atoms. The summed E-state index contributed by atoms with van der Waals surface area (Å²) in [5.41, 5.74) is 2.61. The van der Waals surface area contributed by atoms with Gasteiger partial charge in [0.15, 0.2) is 0 Å². The first kappa shape index (κ1) is 16.5. The van der Waals surface area contributed by atoms with Gasteiger partial charge in [0, 0.05) is 9.79 Å². The molecule has 0 aliphatic rings. The van der Waals surface area contributed by atoms with Gasteiger partial charge in [0.25, 0.3) is 0 Å². The fraction of sp³-hybridized carbons (Fsp3) is 0.368. The number of unbranched alkanes of at least 4 members (excludes halogenated alkanes) is 2. The maximum atomic E-state index is 2.25. The van der Waals surface area contributed by atoms with E-state index in [4.69, 9.17) is 0 Å². The quantitative estimate of drug-likeness (QED) is 0.390. The van der Waals surface area contributed by atoms with E-state index in [2.05, 4.69) is 62.4 Å². The number of hydrogen-bond donors (Lipinski definition) is 0. The Kier molecular flexibility index (Phi) is 7.25. The Morgan fingerprint density at radius 2 is 1.19 bits per heavy atom. The summed E-state index contributed by atoms with van der Waals surface area (Å²) in [7, 11) is 0. The molecule has 0 aromatic heterocycles. The zero-order chi connectivity index (χ0) is 14.9. The molecule has 0 heterocycles. The topological polar surface area (TPSA) is 0 Å². The third-order valence-electron chi connectivity index (χ3n) is 3.37. The Bertz CT molecular complexity index is 514. The van der Waals surface area contributed by atoms with Crippen LogP contribution in [0.2, 0.25) is 0 Å². The van der Waals surface area contributed by atoms with Gasteiger partial charge in [-0.25, -0.2) is 0 Å². The van der Waals surface area contributed by atoms with Crippen molar-refractivity contribution < 1.29 is 0 Å². The van der Waals surface area contributed by atoms with Crippen LogP contribution in [0.25, 0.3) is 11.1 Å². The lowest BCUT2D eigenvalue weighted by molar-refractivity contribution is 0.778. The molecule has 0 aliphatic heterocycles. The van der Waals surface area contributed by atoms with Crippen LogP contribution in [0, 0.1) is 0 Å². The first-order valence-electron chi connectivity index (χ1n) is 7.79. The predicted octanol–water partition coefficient (Wildman–Crippen LogP) is 6.75. The molecule has 112 valence electrons. The summed E-state index contributed by atoms with van der Waals surface area (Å²) in [6.45, 7) is 4.44. The Balaban J connectivity index is 1.94. The van der Waals surface area contributed by atoms with Crippen molar-refractivity contribution in [2.45, 2.75) is 42.9 Å². The molecule has 0 unspecified atom stereocenters. The summed E-state index contributed by atoms with van der Waals surface area (Å²) < 4.78 is 0. The van der Waals surface area contributed by atoms with E-state index in [0.717, 1.165) is 5.75 Å². The largest absolute Gasteiger partial charge is 0.126 e. The van der Waals surface area contributed by atoms with Crippen molar-refractivity contribution in [3.63, 3.8) is 0 Å². The summed E-state index contributed by atoms with van der Waals surface area (Å²) in [4.78, 5) is 2.73. The maximum absolute atomic E-state index is 2.25. The van der Waals surface area contributed by atoms with Gasteiger partial charge < -0.3 is 0 Å². The third kappa shape index (κ3) is 5.44. The van der Waals surface area contributed by atoms with E-state index in [1.165, 1.54) is 45.9 Å². The van der Waals surface area contributed by atoms with Crippen molar-refractivity contribution >= 4 is 23.5 Å². The molecule has 2 rings (SSSR count). The highest BCUT2D eigenvalue weighted by atomic mass is 32.2. The van der Waals surface area contributed by atoms with E-state index in [-0.39, 0.29) is 0 Å². The summed E-state index contributed by atoms with van der Waals surface area (Å²) in [5, 5.41) is 0. The molecule has 0 atom stereocenters. The molecule has 0 aliphatic carbocycles. The van der Waals surface area contributed by atoms with E-state index in [0.29, 0.717) is 0 Å². The van der Waals surface area contributed by atoms with Crippen molar-refractivity contribution in [2.24, 2.45) is 0 Å². The van der Waals surface area contributed by atoms with Gasteiger partial charge in [0.05, 0.1) is 0 Å². The highest BCUT2D eigenvalue weighted by molar-refractivity contribution is 7.99. The molecule has 0 bridgehead atoms. The standard InChI is InChI=1S/C19H24S2/c1-3-5-6-15-21-19-13-9-17(10-14-19)16-7-11-18(12-8-16)20-4-2/h7-14H,3-6,15H2,1-2H3. The average Bonchev–Trinajstić information content (AvgIpc) is 2.53.